The first-order chi connectivity index (χ1) is 9.70. The summed E-state index contributed by atoms with van der Waals surface area (Å²) < 4.78 is 0. The summed E-state index contributed by atoms with van der Waals surface area (Å²) in [6.45, 7) is 3.74. The second-order valence-electron chi connectivity index (χ2n) is 6.67. The standard InChI is InChI=1S/C16H26N2O2/c1-2-5-15(19)17-9-4-3-6-14(17)16(20)18-11-12-7-8-13(18)10-12/h12-14H,2-11H2,1H3. The van der Waals surface area contributed by atoms with E-state index in [1.807, 2.05) is 11.8 Å². The summed E-state index contributed by atoms with van der Waals surface area (Å²) >= 11 is 0. The van der Waals surface area contributed by atoms with Gasteiger partial charge in [-0.2, -0.15) is 0 Å². The SMILES string of the molecule is CCCC(=O)N1CCCCC1C(=O)N1CC2CCC1C2. The van der Waals surface area contributed by atoms with Gasteiger partial charge < -0.3 is 9.80 Å². The Bertz CT molecular complexity index is 396. The van der Waals surface area contributed by atoms with E-state index in [0.29, 0.717) is 12.5 Å². The van der Waals surface area contributed by atoms with Crippen LogP contribution in [0, 0.1) is 5.92 Å². The molecule has 3 aliphatic rings. The largest absolute Gasteiger partial charge is 0.338 e. The average molecular weight is 278 g/mol. The molecular weight excluding hydrogens is 252 g/mol. The lowest BCUT2D eigenvalue weighted by atomic mass is 9.99. The highest BCUT2D eigenvalue weighted by Gasteiger charge is 2.44. The number of hydrogen-bond acceptors (Lipinski definition) is 2. The van der Waals surface area contributed by atoms with Gasteiger partial charge in [0.2, 0.25) is 11.8 Å². The van der Waals surface area contributed by atoms with E-state index < -0.39 is 0 Å². The Morgan fingerprint density at radius 1 is 1.10 bits per heavy atom. The third-order valence-corrected chi connectivity index (χ3v) is 5.26. The number of carbonyl (C=O) groups excluding carboxylic acids is 2. The van der Waals surface area contributed by atoms with Crippen LogP contribution in [0.5, 0.6) is 0 Å². The van der Waals surface area contributed by atoms with Gasteiger partial charge in [0.05, 0.1) is 0 Å². The highest BCUT2D eigenvalue weighted by Crippen LogP contribution is 2.38. The summed E-state index contributed by atoms with van der Waals surface area (Å²) in [6.07, 6.45) is 8.09. The molecule has 0 spiro atoms. The maximum absolute atomic E-state index is 12.8. The normalized spacial score (nSPS) is 32.8. The molecule has 20 heavy (non-hydrogen) atoms. The van der Waals surface area contributed by atoms with Gasteiger partial charge in [0, 0.05) is 25.6 Å². The summed E-state index contributed by atoms with van der Waals surface area (Å²) in [7, 11) is 0. The van der Waals surface area contributed by atoms with E-state index in [9.17, 15) is 9.59 Å². The minimum absolute atomic E-state index is 0.165. The average Bonchev–Trinajstić information content (AvgIpc) is 3.09. The van der Waals surface area contributed by atoms with Gasteiger partial charge >= 0.3 is 0 Å². The third-order valence-electron chi connectivity index (χ3n) is 5.26. The van der Waals surface area contributed by atoms with Crippen LogP contribution in [0.2, 0.25) is 0 Å². The first-order valence-electron chi connectivity index (χ1n) is 8.30. The van der Waals surface area contributed by atoms with Crippen molar-refractivity contribution in [2.24, 2.45) is 5.92 Å². The summed E-state index contributed by atoms with van der Waals surface area (Å²) in [5.74, 6) is 1.14. The molecule has 2 aliphatic heterocycles. The van der Waals surface area contributed by atoms with Gasteiger partial charge in [0.25, 0.3) is 0 Å². The van der Waals surface area contributed by atoms with Crippen LogP contribution in [0.25, 0.3) is 0 Å². The zero-order valence-electron chi connectivity index (χ0n) is 12.5. The Kier molecular flexibility index (Phi) is 3.99. The minimum Gasteiger partial charge on any atom is -0.338 e. The van der Waals surface area contributed by atoms with E-state index in [1.165, 1.54) is 19.3 Å². The number of rotatable bonds is 3. The number of fused-ring (bicyclic) bond motifs is 2. The summed E-state index contributed by atoms with van der Waals surface area (Å²) in [4.78, 5) is 29.1. The van der Waals surface area contributed by atoms with Crippen molar-refractivity contribution in [2.75, 3.05) is 13.1 Å². The van der Waals surface area contributed by atoms with Crippen molar-refractivity contribution < 1.29 is 9.59 Å². The van der Waals surface area contributed by atoms with Crippen molar-refractivity contribution in [3.8, 4) is 0 Å². The van der Waals surface area contributed by atoms with E-state index in [-0.39, 0.29) is 17.9 Å². The summed E-state index contributed by atoms with van der Waals surface area (Å²) in [5, 5.41) is 0. The van der Waals surface area contributed by atoms with Gasteiger partial charge in [0.15, 0.2) is 0 Å². The molecule has 3 rings (SSSR count). The van der Waals surface area contributed by atoms with Crippen LogP contribution in [0.15, 0.2) is 0 Å². The molecule has 0 aromatic carbocycles. The molecule has 2 heterocycles. The summed E-state index contributed by atoms with van der Waals surface area (Å²) in [6, 6.07) is 0.305. The minimum atomic E-state index is -0.165. The zero-order valence-corrected chi connectivity index (χ0v) is 12.5. The molecule has 3 atom stereocenters. The lowest BCUT2D eigenvalue weighted by molar-refractivity contribution is -0.148. The molecule has 0 radical (unpaired) electrons. The predicted octanol–water partition coefficient (Wildman–Crippen LogP) is 2.18. The molecule has 1 saturated carbocycles. The fourth-order valence-corrected chi connectivity index (χ4v) is 4.23. The highest BCUT2D eigenvalue weighted by molar-refractivity contribution is 5.88. The van der Waals surface area contributed by atoms with Crippen LogP contribution in [0.1, 0.15) is 58.3 Å². The summed E-state index contributed by atoms with van der Waals surface area (Å²) in [5.41, 5.74) is 0. The molecule has 2 amide bonds. The second-order valence-corrected chi connectivity index (χ2v) is 6.67. The molecule has 3 fully saturated rings. The number of hydrogen-bond donors (Lipinski definition) is 0. The number of amides is 2. The zero-order chi connectivity index (χ0) is 14.1. The van der Waals surface area contributed by atoms with Crippen LogP contribution >= 0.6 is 0 Å². The smallest absolute Gasteiger partial charge is 0.245 e. The molecule has 3 unspecified atom stereocenters. The van der Waals surface area contributed by atoms with E-state index >= 15 is 0 Å². The maximum Gasteiger partial charge on any atom is 0.245 e. The number of likely N-dealkylation sites (tertiary alicyclic amines) is 2. The lowest BCUT2D eigenvalue weighted by Crippen LogP contribution is -2.54. The highest BCUT2D eigenvalue weighted by atomic mass is 16.2. The van der Waals surface area contributed by atoms with Crippen molar-refractivity contribution in [3.63, 3.8) is 0 Å². The van der Waals surface area contributed by atoms with E-state index in [2.05, 4.69) is 4.90 Å². The third kappa shape index (κ3) is 2.45. The number of nitrogens with zero attached hydrogens (tertiary/aromatic N) is 2. The molecule has 112 valence electrons. The van der Waals surface area contributed by atoms with Gasteiger partial charge in [-0.1, -0.05) is 6.92 Å². The van der Waals surface area contributed by atoms with Gasteiger partial charge in [-0.3, -0.25) is 9.59 Å². The Morgan fingerprint density at radius 2 is 1.95 bits per heavy atom. The van der Waals surface area contributed by atoms with Gasteiger partial charge in [-0.05, 0) is 50.9 Å². The van der Waals surface area contributed by atoms with Crippen LogP contribution in [-0.4, -0.2) is 46.8 Å². The van der Waals surface area contributed by atoms with Crippen LogP contribution < -0.4 is 0 Å². The molecule has 4 nitrogen and oxygen atoms in total. The van der Waals surface area contributed by atoms with Gasteiger partial charge in [-0.25, -0.2) is 0 Å². The molecule has 0 aromatic heterocycles. The Balaban J connectivity index is 1.69. The van der Waals surface area contributed by atoms with E-state index in [1.54, 1.807) is 0 Å². The molecule has 4 heteroatoms. The van der Waals surface area contributed by atoms with Crippen LogP contribution in [-0.2, 0) is 9.59 Å². The fraction of sp³-hybridized carbons (Fsp3) is 0.875. The van der Waals surface area contributed by atoms with Crippen molar-refractivity contribution in [1.82, 2.24) is 9.80 Å². The quantitative estimate of drug-likeness (QED) is 0.794. The topological polar surface area (TPSA) is 40.6 Å². The molecule has 2 bridgehead atoms. The second kappa shape index (κ2) is 5.74. The molecule has 0 aromatic rings. The van der Waals surface area contributed by atoms with Crippen LogP contribution in [0.4, 0.5) is 0 Å². The van der Waals surface area contributed by atoms with Gasteiger partial charge in [0.1, 0.15) is 6.04 Å². The predicted molar refractivity (Wildman–Crippen MR) is 77.1 cm³/mol. The molecule has 1 aliphatic carbocycles. The van der Waals surface area contributed by atoms with Crippen molar-refractivity contribution in [3.05, 3.63) is 0 Å². The molecular formula is C16H26N2O2. The number of piperidine rings is 2. The maximum atomic E-state index is 12.8. The first kappa shape index (κ1) is 13.9. The number of carbonyl (C=O) groups is 2. The Labute approximate surface area is 121 Å². The monoisotopic (exact) mass is 278 g/mol. The van der Waals surface area contributed by atoms with E-state index in [4.69, 9.17) is 0 Å². The Morgan fingerprint density at radius 3 is 2.60 bits per heavy atom. The van der Waals surface area contributed by atoms with Crippen molar-refractivity contribution >= 4 is 11.8 Å². The Hall–Kier alpha value is -1.06. The molecule has 2 saturated heterocycles. The van der Waals surface area contributed by atoms with Crippen LogP contribution in [0.3, 0.4) is 0 Å². The molecule has 0 N–H and O–H groups in total. The first-order valence-corrected chi connectivity index (χ1v) is 8.30. The van der Waals surface area contributed by atoms with Crippen molar-refractivity contribution in [2.45, 2.75) is 70.4 Å². The van der Waals surface area contributed by atoms with Crippen molar-refractivity contribution in [1.29, 1.82) is 0 Å². The fourth-order valence-electron chi connectivity index (χ4n) is 4.23. The van der Waals surface area contributed by atoms with E-state index in [0.717, 1.165) is 44.7 Å². The lowest BCUT2D eigenvalue weighted by Gasteiger charge is -2.39. The van der Waals surface area contributed by atoms with Gasteiger partial charge in [-0.15, -0.1) is 0 Å².